The van der Waals surface area contributed by atoms with Gasteiger partial charge >= 0.3 is 6.09 Å². The molecule has 9 heteroatoms. The lowest BCUT2D eigenvalue weighted by Gasteiger charge is -2.31. The van der Waals surface area contributed by atoms with Gasteiger partial charge in [-0.25, -0.2) is 4.79 Å². The normalized spacial score (nSPS) is 14.2. The van der Waals surface area contributed by atoms with E-state index in [4.69, 9.17) is 9.47 Å². The number of nitrogens with one attached hydrogen (secondary N) is 2. The minimum absolute atomic E-state index is 0.148. The van der Waals surface area contributed by atoms with Crippen LogP contribution >= 0.6 is 0 Å². The van der Waals surface area contributed by atoms with Crippen molar-refractivity contribution in [2.75, 3.05) is 31.2 Å². The molecule has 2 N–H and O–H groups in total. The molecule has 1 fully saturated rings. The first-order valence-corrected chi connectivity index (χ1v) is 10.8. The lowest BCUT2D eigenvalue weighted by Crippen LogP contribution is -2.37. The number of benzene rings is 1. The second-order valence-corrected chi connectivity index (χ2v) is 8.91. The molecule has 2 heterocycles. The Balaban J connectivity index is 1.67. The van der Waals surface area contributed by atoms with Crippen LogP contribution in [-0.4, -0.2) is 53.7 Å². The van der Waals surface area contributed by atoms with Crippen LogP contribution in [0.1, 0.15) is 48.0 Å². The van der Waals surface area contributed by atoms with Crippen LogP contribution in [0.2, 0.25) is 0 Å². The number of carbonyl (C=O) groups excluding carboxylic acids is 2. The van der Waals surface area contributed by atoms with Crippen molar-refractivity contribution < 1.29 is 19.1 Å². The molecule has 2 aromatic rings. The second kappa shape index (κ2) is 10.0. The average Bonchev–Trinajstić information content (AvgIpc) is 3.11. The molecule has 0 unspecified atom stereocenters. The van der Waals surface area contributed by atoms with Crippen LogP contribution in [0.25, 0.3) is 0 Å². The fourth-order valence-corrected chi connectivity index (χ4v) is 3.57. The SMILES string of the molecule is Cc1ccc(CNC(=O)c2c(CNC(=O)OC(C)(C)C)cnn2C)c(N2CCOCC2)c1. The third-order valence-electron chi connectivity index (χ3n) is 5.08. The summed E-state index contributed by atoms with van der Waals surface area (Å²) in [7, 11) is 1.71. The van der Waals surface area contributed by atoms with E-state index in [1.165, 1.54) is 10.2 Å². The largest absolute Gasteiger partial charge is 0.444 e. The Morgan fingerprint density at radius 1 is 1.12 bits per heavy atom. The van der Waals surface area contributed by atoms with Gasteiger partial charge < -0.3 is 25.0 Å². The zero-order valence-electron chi connectivity index (χ0n) is 19.5. The number of ether oxygens (including phenoxy) is 2. The molecule has 0 aliphatic carbocycles. The van der Waals surface area contributed by atoms with Gasteiger partial charge in [-0.05, 0) is 44.9 Å². The van der Waals surface area contributed by atoms with E-state index in [0.29, 0.717) is 31.0 Å². The van der Waals surface area contributed by atoms with Gasteiger partial charge in [-0.1, -0.05) is 12.1 Å². The molecule has 1 aromatic carbocycles. The number of aromatic nitrogens is 2. The van der Waals surface area contributed by atoms with E-state index < -0.39 is 11.7 Å². The van der Waals surface area contributed by atoms with Crippen molar-refractivity contribution in [2.45, 2.75) is 46.4 Å². The van der Waals surface area contributed by atoms with Gasteiger partial charge in [-0.3, -0.25) is 9.48 Å². The van der Waals surface area contributed by atoms with Crippen LogP contribution in [-0.2, 0) is 29.6 Å². The third-order valence-corrected chi connectivity index (χ3v) is 5.08. The number of rotatable bonds is 6. The molecule has 0 radical (unpaired) electrons. The number of carbonyl (C=O) groups is 2. The first-order chi connectivity index (χ1) is 15.1. The molecular weight excluding hydrogens is 410 g/mol. The molecule has 1 aliphatic rings. The Bertz CT molecular complexity index is 958. The summed E-state index contributed by atoms with van der Waals surface area (Å²) in [5.74, 6) is -0.250. The Morgan fingerprint density at radius 3 is 2.50 bits per heavy atom. The molecule has 1 saturated heterocycles. The second-order valence-electron chi connectivity index (χ2n) is 8.91. The zero-order chi connectivity index (χ0) is 23.3. The monoisotopic (exact) mass is 443 g/mol. The maximum Gasteiger partial charge on any atom is 0.407 e. The van der Waals surface area contributed by atoms with Gasteiger partial charge in [0, 0.05) is 37.9 Å². The lowest BCUT2D eigenvalue weighted by atomic mass is 10.1. The summed E-state index contributed by atoms with van der Waals surface area (Å²) >= 11 is 0. The fraction of sp³-hybridized carbons (Fsp3) is 0.522. The van der Waals surface area contributed by atoms with Crippen LogP contribution in [0.15, 0.2) is 24.4 Å². The quantitative estimate of drug-likeness (QED) is 0.712. The number of nitrogens with zero attached hydrogens (tertiary/aromatic N) is 3. The highest BCUT2D eigenvalue weighted by atomic mass is 16.6. The van der Waals surface area contributed by atoms with Gasteiger partial charge in [0.05, 0.1) is 26.0 Å². The summed E-state index contributed by atoms with van der Waals surface area (Å²) in [6, 6.07) is 6.24. The molecule has 2 amide bonds. The van der Waals surface area contributed by atoms with Crippen LogP contribution < -0.4 is 15.5 Å². The van der Waals surface area contributed by atoms with E-state index in [0.717, 1.165) is 24.3 Å². The topological polar surface area (TPSA) is 97.7 Å². The third kappa shape index (κ3) is 6.23. The molecule has 0 bridgehead atoms. The van der Waals surface area contributed by atoms with Gasteiger partial charge in [0.25, 0.3) is 5.91 Å². The summed E-state index contributed by atoms with van der Waals surface area (Å²) in [5.41, 5.74) is 3.76. The predicted molar refractivity (Wildman–Crippen MR) is 122 cm³/mol. The number of alkyl carbamates (subject to hydrolysis) is 1. The highest BCUT2D eigenvalue weighted by Crippen LogP contribution is 2.23. The maximum atomic E-state index is 13.0. The summed E-state index contributed by atoms with van der Waals surface area (Å²) < 4.78 is 12.2. The van der Waals surface area contributed by atoms with Crippen molar-refractivity contribution >= 4 is 17.7 Å². The highest BCUT2D eigenvalue weighted by molar-refractivity contribution is 5.94. The number of anilines is 1. The highest BCUT2D eigenvalue weighted by Gasteiger charge is 2.21. The lowest BCUT2D eigenvalue weighted by molar-refractivity contribution is 0.0522. The Kier molecular flexibility index (Phi) is 7.40. The van der Waals surface area contributed by atoms with Crippen molar-refractivity contribution in [2.24, 2.45) is 7.05 Å². The van der Waals surface area contributed by atoms with Crippen molar-refractivity contribution in [1.82, 2.24) is 20.4 Å². The van der Waals surface area contributed by atoms with Gasteiger partial charge in [-0.2, -0.15) is 5.10 Å². The molecule has 1 aromatic heterocycles. The minimum atomic E-state index is -0.592. The van der Waals surface area contributed by atoms with Gasteiger partial charge in [0.15, 0.2) is 0 Å². The number of morpholine rings is 1. The minimum Gasteiger partial charge on any atom is -0.444 e. The first kappa shape index (κ1) is 23.6. The van der Waals surface area contributed by atoms with Crippen molar-refractivity contribution in [3.8, 4) is 0 Å². The molecule has 32 heavy (non-hydrogen) atoms. The van der Waals surface area contributed by atoms with Crippen LogP contribution in [0.3, 0.4) is 0 Å². The zero-order valence-corrected chi connectivity index (χ0v) is 19.5. The molecule has 0 saturated carbocycles. The Morgan fingerprint density at radius 2 is 1.81 bits per heavy atom. The summed E-state index contributed by atoms with van der Waals surface area (Å²) in [6.45, 7) is 11.0. The Hall–Kier alpha value is -3.07. The standard InChI is InChI=1S/C23H33N5O4/c1-16-6-7-17(19(12-16)28-8-10-31-11-9-28)13-24-21(29)20-18(15-26-27(20)5)14-25-22(30)32-23(2,3)4/h6-7,12,15H,8-11,13-14H2,1-5H3,(H,24,29)(H,25,30). The van der Waals surface area contributed by atoms with Crippen LogP contribution in [0, 0.1) is 6.92 Å². The number of amides is 2. The summed E-state index contributed by atoms with van der Waals surface area (Å²) in [5, 5.41) is 9.88. The maximum absolute atomic E-state index is 13.0. The van der Waals surface area contributed by atoms with Crippen molar-refractivity contribution in [3.63, 3.8) is 0 Å². The number of aryl methyl sites for hydroxylation is 2. The molecular formula is C23H33N5O4. The summed E-state index contributed by atoms with van der Waals surface area (Å²) in [6.07, 6.45) is 1.04. The average molecular weight is 444 g/mol. The molecule has 174 valence electrons. The molecule has 0 atom stereocenters. The van der Waals surface area contributed by atoms with E-state index in [1.54, 1.807) is 34.0 Å². The van der Waals surface area contributed by atoms with E-state index in [9.17, 15) is 9.59 Å². The van der Waals surface area contributed by atoms with Crippen molar-refractivity contribution in [3.05, 3.63) is 46.8 Å². The van der Waals surface area contributed by atoms with Gasteiger partial charge in [0.1, 0.15) is 11.3 Å². The number of hydrogen-bond donors (Lipinski definition) is 2. The molecule has 9 nitrogen and oxygen atoms in total. The van der Waals surface area contributed by atoms with Crippen LogP contribution in [0.5, 0.6) is 0 Å². The molecule has 1 aliphatic heterocycles. The van der Waals surface area contributed by atoms with Crippen molar-refractivity contribution in [1.29, 1.82) is 0 Å². The van der Waals surface area contributed by atoms with E-state index in [-0.39, 0.29) is 12.5 Å². The van der Waals surface area contributed by atoms with Gasteiger partial charge in [0.2, 0.25) is 0 Å². The Labute approximate surface area is 189 Å². The van der Waals surface area contributed by atoms with E-state index in [2.05, 4.69) is 39.7 Å². The summed E-state index contributed by atoms with van der Waals surface area (Å²) in [4.78, 5) is 27.3. The van der Waals surface area contributed by atoms with Crippen LogP contribution in [0.4, 0.5) is 10.5 Å². The van der Waals surface area contributed by atoms with Gasteiger partial charge in [-0.15, -0.1) is 0 Å². The first-order valence-electron chi connectivity index (χ1n) is 10.8. The fourth-order valence-electron chi connectivity index (χ4n) is 3.57. The smallest absolute Gasteiger partial charge is 0.407 e. The van der Waals surface area contributed by atoms with E-state index in [1.807, 2.05) is 6.07 Å². The number of hydrogen-bond acceptors (Lipinski definition) is 6. The molecule has 3 rings (SSSR count). The molecule has 0 spiro atoms. The predicted octanol–water partition coefficient (Wildman–Crippen LogP) is 2.52. The van der Waals surface area contributed by atoms with E-state index >= 15 is 0 Å².